The molecule has 1 saturated carbocycles. The van der Waals surface area contributed by atoms with Crippen LogP contribution in [0.1, 0.15) is 29.3 Å². The van der Waals surface area contributed by atoms with Gasteiger partial charge in [-0.25, -0.2) is 0 Å². The molecule has 2 aliphatic rings. The maximum absolute atomic E-state index is 12.3. The molecule has 20 heavy (non-hydrogen) atoms. The van der Waals surface area contributed by atoms with Crippen molar-refractivity contribution >= 4 is 23.6 Å². The minimum Gasteiger partial charge on any atom is -0.469 e. The molecule has 4 nitrogen and oxygen atoms in total. The average molecular weight is 291 g/mol. The Morgan fingerprint density at radius 1 is 1.50 bits per heavy atom. The first-order chi connectivity index (χ1) is 9.60. The van der Waals surface area contributed by atoms with Crippen molar-refractivity contribution in [2.45, 2.75) is 29.9 Å². The molecular formula is C15H17NO3S. The Balaban J connectivity index is 1.72. The smallest absolute Gasteiger partial charge is 0.312 e. The summed E-state index contributed by atoms with van der Waals surface area (Å²) in [6.45, 7) is 2.06. The molecule has 0 radical (unpaired) electrons. The summed E-state index contributed by atoms with van der Waals surface area (Å²) in [5.74, 6) is -0.543. The normalized spacial score (nSPS) is 29.9. The first-order valence-corrected chi connectivity index (χ1v) is 7.65. The molecule has 5 heteroatoms. The minimum atomic E-state index is -0.410. The van der Waals surface area contributed by atoms with E-state index in [9.17, 15) is 9.59 Å². The second-order valence-corrected chi connectivity index (χ2v) is 6.70. The zero-order valence-electron chi connectivity index (χ0n) is 11.5. The average Bonchev–Trinajstić information content (AvgIpc) is 3.03. The van der Waals surface area contributed by atoms with Crippen LogP contribution in [0.15, 0.2) is 24.3 Å². The highest BCUT2D eigenvalue weighted by Crippen LogP contribution is 2.68. The number of fused-ring (bicyclic) bond motifs is 1. The number of aryl methyl sites for hydroxylation is 1. The van der Waals surface area contributed by atoms with Crippen molar-refractivity contribution in [1.82, 2.24) is 5.32 Å². The summed E-state index contributed by atoms with van der Waals surface area (Å²) in [5.41, 5.74) is 1.79. The zero-order valence-corrected chi connectivity index (χ0v) is 12.3. The van der Waals surface area contributed by atoms with Crippen LogP contribution in [0.5, 0.6) is 0 Å². The highest BCUT2D eigenvalue weighted by Gasteiger charge is 2.73. The lowest BCUT2D eigenvalue weighted by molar-refractivity contribution is -0.148. The third-order valence-electron chi connectivity index (χ3n) is 4.12. The Bertz CT molecular complexity index is 574. The van der Waals surface area contributed by atoms with E-state index in [1.54, 1.807) is 17.8 Å². The molecule has 3 atom stereocenters. The standard InChI is InChI=1S/C15H17NO3S/c1-3-9-5-4-6-10(7-9)13(17)16-15-11(14(18)19-2)8-12(15)20-15/h4-7,11-12H,3,8H2,1-2H3,(H,16,17)/t11?,12-,15?/m1/s1. The molecule has 1 heterocycles. The summed E-state index contributed by atoms with van der Waals surface area (Å²) < 4.78 is 4.80. The molecule has 1 aliphatic heterocycles. The number of methoxy groups -OCH3 is 1. The van der Waals surface area contributed by atoms with Crippen molar-refractivity contribution in [2.24, 2.45) is 5.92 Å². The fraction of sp³-hybridized carbons (Fsp3) is 0.467. The van der Waals surface area contributed by atoms with Gasteiger partial charge in [-0.15, -0.1) is 11.8 Å². The second kappa shape index (κ2) is 4.81. The van der Waals surface area contributed by atoms with E-state index >= 15 is 0 Å². The van der Waals surface area contributed by atoms with Crippen LogP contribution in [0.4, 0.5) is 0 Å². The largest absolute Gasteiger partial charge is 0.469 e. The quantitative estimate of drug-likeness (QED) is 0.681. The van der Waals surface area contributed by atoms with E-state index in [0.717, 1.165) is 18.4 Å². The van der Waals surface area contributed by atoms with Crippen molar-refractivity contribution in [1.29, 1.82) is 0 Å². The summed E-state index contributed by atoms with van der Waals surface area (Å²) in [5, 5.41) is 3.39. The van der Waals surface area contributed by atoms with E-state index in [2.05, 4.69) is 12.2 Å². The van der Waals surface area contributed by atoms with Gasteiger partial charge in [0, 0.05) is 10.8 Å². The SMILES string of the molecule is CCc1cccc(C(=O)NC23S[C@@H]2CC3C(=O)OC)c1. The Morgan fingerprint density at radius 2 is 2.30 bits per heavy atom. The monoisotopic (exact) mass is 291 g/mol. The number of thioether (sulfide) groups is 1. The van der Waals surface area contributed by atoms with Gasteiger partial charge in [0.1, 0.15) is 4.87 Å². The number of hydrogen-bond donors (Lipinski definition) is 1. The number of benzene rings is 1. The van der Waals surface area contributed by atoms with Crippen molar-refractivity contribution in [3.8, 4) is 0 Å². The lowest BCUT2D eigenvalue weighted by Gasteiger charge is -2.32. The van der Waals surface area contributed by atoms with E-state index in [-0.39, 0.29) is 17.8 Å². The Morgan fingerprint density at radius 3 is 2.90 bits per heavy atom. The third kappa shape index (κ3) is 2.00. The Hall–Kier alpha value is -1.49. The van der Waals surface area contributed by atoms with E-state index < -0.39 is 4.87 Å². The van der Waals surface area contributed by atoms with E-state index in [1.165, 1.54) is 7.11 Å². The van der Waals surface area contributed by atoms with Crippen LogP contribution < -0.4 is 5.32 Å². The van der Waals surface area contributed by atoms with Gasteiger partial charge in [-0.1, -0.05) is 19.1 Å². The van der Waals surface area contributed by atoms with E-state index in [1.807, 2.05) is 18.2 Å². The Labute approximate surface area is 122 Å². The van der Waals surface area contributed by atoms with Gasteiger partial charge < -0.3 is 10.1 Å². The van der Waals surface area contributed by atoms with Crippen molar-refractivity contribution in [3.63, 3.8) is 0 Å². The number of amides is 1. The van der Waals surface area contributed by atoms with Gasteiger partial charge in [0.25, 0.3) is 5.91 Å². The van der Waals surface area contributed by atoms with Crippen LogP contribution in [0.2, 0.25) is 0 Å². The molecule has 1 N–H and O–H groups in total. The Kier molecular flexibility index (Phi) is 3.24. The molecule has 1 aromatic rings. The van der Waals surface area contributed by atoms with Crippen molar-refractivity contribution in [3.05, 3.63) is 35.4 Å². The lowest BCUT2D eigenvalue weighted by Crippen LogP contribution is -2.54. The molecule has 3 rings (SSSR count). The molecule has 106 valence electrons. The number of nitrogens with one attached hydrogen (secondary N) is 1. The molecule has 0 bridgehead atoms. The zero-order chi connectivity index (χ0) is 14.3. The van der Waals surface area contributed by atoms with E-state index in [0.29, 0.717) is 10.8 Å². The maximum atomic E-state index is 12.3. The van der Waals surface area contributed by atoms with E-state index in [4.69, 9.17) is 4.74 Å². The molecule has 1 amide bonds. The van der Waals surface area contributed by atoms with Gasteiger partial charge in [-0.05, 0) is 30.5 Å². The molecule has 0 aromatic heterocycles. The second-order valence-electron chi connectivity index (χ2n) is 5.22. The van der Waals surface area contributed by atoms with Crippen LogP contribution >= 0.6 is 11.8 Å². The predicted octanol–water partition coefficient (Wildman–Crippen LogP) is 1.98. The summed E-state index contributed by atoms with van der Waals surface area (Å²) in [6.07, 6.45) is 1.70. The van der Waals surface area contributed by atoms with Crippen LogP contribution in [-0.4, -0.2) is 29.1 Å². The minimum absolute atomic E-state index is 0.107. The molecule has 0 spiro atoms. The topological polar surface area (TPSA) is 55.4 Å². The van der Waals surface area contributed by atoms with Crippen molar-refractivity contribution < 1.29 is 14.3 Å². The number of carbonyl (C=O) groups is 2. The van der Waals surface area contributed by atoms with Gasteiger partial charge in [0.15, 0.2) is 0 Å². The number of carbonyl (C=O) groups excluding carboxylic acids is 2. The summed E-state index contributed by atoms with van der Waals surface area (Å²) in [7, 11) is 1.39. The maximum Gasteiger partial charge on any atom is 0.312 e. The molecule has 2 fully saturated rings. The van der Waals surface area contributed by atoms with Gasteiger partial charge in [0.05, 0.1) is 13.0 Å². The number of rotatable bonds is 4. The number of hydrogen-bond acceptors (Lipinski definition) is 4. The van der Waals surface area contributed by atoms with Crippen LogP contribution in [-0.2, 0) is 16.0 Å². The highest BCUT2D eigenvalue weighted by molar-refractivity contribution is 8.09. The summed E-state index contributed by atoms with van der Waals surface area (Å²) in [4.78, 5) is 23.6. The van der Waals surface area contributed by atoms with Gasteiger partial charge in [-0.2, -0.15) is 0 Å². The van der Waals surface area contributed by atoms with Gasteiger partial charge >= 0.3 is 5.97 Å². The predicted molar refractivity (Wildman–Crippen MR) is 77.5 cm³/mol. The lowest BCUT2D eigenvalue weighted by atomic mass is 9.79. The summed E-state index contributed by atoms with van der Waals surface area (Å²) in [6, 6.07) is 7.60. The van der Waals surface area contributed by atoms with Crippen LogP contribution in [0, 0.1) is 5.92 Å². The van der Waals surface area contributed by atoms with Crippen LogP contribution in [0.3, 0.4) is 0 Å². The number of esters is 1. The molecule has 2 unspecified atom stereocenters. The molecule has 1 saturated heterocycles. The fourth-order valence-corrected chi connectivity index (χ4v) is 4.27. The highest BCUT2D eigenvalue weighted by atomic mass is 32.2. The number of ether oxygens (including phenoxy) is 1. The van der Waals surface area contributed by atoms with Crippen LogP contribution in [0.25, 0.3) is 0 Å². The molecule has 1 aromatic carbocycles. The first-order valence-electron chi connectivity index (χ1n) is 6.77. The third-order valence-corrected chi connectivity index (χ3v) is 5.77. The van der Waals surface area contributed by atoms with Gasteiger partial charge in [0.2, 0.25) is 0 Å². The van der Waals surface area contributed by atoms with Crippen molar-refractivity contribution in [2.75, 3.05) is 7.11 Å². The van der Waals surface area contributed by atoms with Gasteiger partial charge in [-0.3, -0.25) is 9.59 Å². The first kappa shape index (κ1) is 13.5. The molecule has 1 aliphatic carbocycles. The fourth-order valence-electron chi connectivity index (χ4n) is 2.75. The molecular weight excluding hydrogens is 274 g/mol. The summed E-state index contributed by atoms with van der Waals surface area (Å²) >= 11 is 1.66.